The summed E-state index contributed by atoms with van der Waals surface area (Å²) in [6.07, 6.45) is 1.48. The van der Waals surface area contributed by atoms with Gasteiger partial charge >= 0.3 is 0 Å². The van der Waals surface area contributed by atoms with Gasteiger partial charge in [-0.1, -0.05) is 12.1 Å². The monoisotopic (exact) mass is 201 g/mol. The second kappa shape index (κ2) is 3.57. The Morgan fingerprint density at radius 1 is 1.33 bits per heavy atom. The van der Waals surface area contributed by atoms with E-state index in [4.69, 9.17) is 5.73 Å². The molecule has 2 rings (SSSR count). The molecule has 1 heterocycles. The molecule has 0 amide bonds. The lowest BCUT2D eigenvalue weighted by molar-refractivity contribution is 1.12. The molecule has 0 bridgehead atoms. The van der Waals surface area contributed by atoms with Gasteiger partial charge in [0.25, 0.3) is 5.56 Å². The molecule has 0 spiro atoms. The Kier molecular flexibility index (Phi) is 2.25. The van der Waals surface area contributed by atoms with Crippen molar-refractivity contribution in [1.29, 1.82) is 0 Å². The van der Waals surface area contributed by atoms with Crippen LogP contribution >= 0.6 is 0 Å². The number of nitrogens with zero attached hydrogens (tertiary/aromatic N) is 1. The lowest BCUT2D eigenvalue weighted by Gasteiger charge is -2.06. The maximum atomic E-state index is 11.1. The second-order valence-corrected chi connectivity index (χ2v) is 3.30. The molecule has 4 heteroatoms. The highest BCUT2D eigenvalue weighted by atomic mass is 16.1. The fourth-order valence-electron chi connectivity index (χ4n) is 1.42. The standard InChI is InChI=1S/C11H11N3O/c1-7-8(3-2-4-9(7)12)11-13-6-5-10(15)14-11/h2-6H,12H2,1H3,(H,13,14,15). The molecule has 0 aliphatic heterocycles. The Balaban J connectivity index is 2.64. The summed E-state index contributed by atoms with van der Waals surface area (Å²) in [5.41, 5.74) is 8.08. The smallest absolute Gasteiger partial charge is 0.251 e. The molecule has 76 valence electrons. The quantitative estimate of drug-likeness (QED) is 0.683. The van der Waals surface area contributed by atoms with Crippen LogP contribution in [-0.2, 0) is 0 Å². The largest absolute Gasteiger partial charge is 0.398 e. The van der Waals surface area contributed by atoms with Crippen molar-refractivity contribution in [3.8, 4) is 11.4 Å². The van der Waals surface area contributed by atoms with Gasteiger partial charge in [0.05, 0.1) is 0 Å². The Labute approximate surface area is 86.8 Å². The molecule has 0 saturated carbocycles. The third-order valence-corrected chi connectivity index (χ3v) is 2.30. The van der Waals surface area contributed by atoms with Gasteiger partial charge < -0.3 is 10.7 Å². The van der Waals surface area contributed by atoms with Crippen LogP contribution in [0.1, 0.15) is 5.56 Å². The molecule has 0 aliphatic carbocycles. The molecule has 1 aromatic carbocycles. The number of rotatable bonds is 1. The van der Waals surface area contributed by atoms with Crippen LogP contribution in [0.3, 0.4) is 0 Å². The Morgan fingerprint density at radius 2 is 2.13 bits per heavy atom. The zero-order valence-corrected chi connectivity index (χ0v) is 8.32. The molecule has 0 fully saturated rings. The maximum Gasteiger partial charge on any atom is 0.251 e. The van der Waals surface area contributed by atoms with E-state index in [1.54, 1.807) is 0 Å². The third kappa shape index (κ3) is 1.74. The van der Waals surface area contributed by atoms with Crippen molar-refractivity contribution in [3.63, 3.8) is 0 Å². The van der Waals surface area contributed by atoms with Crippen molar-refractivity contribution in [2.45, 2.75) is 6.92 Å². The number of hydrogen-bond acceptors (Lipinski definition) is 3. The molecule has 0 aliphatic rings. The van der Waals surface area contributed by atoms with Crippen LogP contribution in [0.5, 0.6) is 0 Å². The zero-order valence-electron chi connectivity index (χ0n) is 8.32. The first kappa shape index (κ1) is 9.45. The molecule has 2 aromatic rings. The number of nitrogens with two attached hydrogens (primary N) is 1. The number of benzene rings is 1. The summed E-state index contributed by atoms with van der Waals surface area (Å²) in [7, 11) is 0. The molecule has 15 heavy (non-hydrogen) atoms. The van der Waals surface area contributed by atoms with Crippen LogP contribution in [0.4, 0.5) is 5.69 Å². The Bertz CT molecular complexity index is 546. The van der Waals surface area contributed by atoms with E-state index in [9.17, 15) is 4.79 Å². The topological polar surface area (TPSA) is 71.8 Å². The average Bonchev–Trinajstić information content (AvgIpc) is 2.22. The molecule has 0 unspecified atom stereocenters. The highest BCUT2D eigenvalue weighted by molar-refractivity contribution is 5.67. The molecule has 0 radical (unpaired) electrons. The van der Waals surface area contributed by atoms with E-state index in [0.29, 0.717) is 11.5 Å². The van der Waals surface area contributed by atoms with Crippen molar-refractivity contribution < 1.29 is 0 Å². The van der Waals surface area contributed by atoms with Gasteiger partial charge in [-0.3, -0.25) is 4.79 Å². The van der Waals surface area contributed by atoms with Crippen molar-refractivity contribution in [2.75, 3.05) is 5.73 Å². The van der Waals surface area contributed by atoms with Gasteiger partial charge in [-0.25, -0.2) is 4.98 Å². The van der Waals surface area contributed by atoms with Gasteiger partial charge in [0.15, 0.2) is 0 Å². The third-order valence-electron chi connectivity index (χ3n) is 2.30. The van der Waals surface area contributed by atoms with Gasteiger partial charge in [-0.15, -0.1) is 0 Å². The molecule has 1 aromatic heterocycles. The summed E-state index contributed by atoms with van der Waals surface area (Å²) in [6.45, 7) is 1.90. The van der Waals surface area contributed by atoms with Crippen molar-refractivity contribution >= 4 is 5.69 Å². The Hall–Kier alpha value is -2.10. The minimum absolute atomic E-state index is 0.165. The highest BCUT2D eigenvalue weighted by Crippen LogP contribution is 2.22. The van der Waals surface area contributed by atoms with Gasteiger partial charge in [0, 0.05) is 23.5 Å². The molecular weight excluding hydrogens is 190 g/mol. The van der Waals surface area contributed by atoms with E-state index in [-0.39, 0.29) is 5.56 Å². The van der Waals surface area contributed by atoms with E-state index in [1.807, 2.05) is 25.1 Å². The maximum absolute atomic E-state index is 11.1. The van der Waals surface area contributed by atoms with Crippen LogP contribution in [-0.4, -0.2) is 9.97 Å². The highest BCUT2D eigenvalue weighted by Gasteiger charge is 2.05. The summed E-state index contributed by atoms with van der Waals surface area (Å²) >= 11 is 0. The number of H-pyrrole nitrogens is 1. The van der Waals surface area contributed by atoms with Gasteiger partial charge in [-0.2, -0.15) is 0 Å². The molecule has 3 N–H and O–H groups in total. The lowest BCUT2D eigenvalue weighted by Crippen LogP contribution is -2.06. The fraction of sp³-hybridized carbons (Fsp3) is 0.0909. The minimum Gasteiger partial charge on any atom is -0.398 e. The Morgan fingerprint density at radius 3 is 2.87 bits per heavy atom. The van der Waals surface area contributed by atoms with Gasteiger partial charge in [-0.05, 0) is 18.6 Å². The fourth-order valence-corrected chi connectivity index (χ4v) is 1.42. The first-order valence-corrected chi connectivity index (χ1v) is 4.59. The molecule has 0 saturated heterocycles. The van der Waals surface area contributed by atoms with Crippen molar-refractivity contribution in [2.24, 2.45) is 0 Å². The summed E-state index contributed by atoms with van der Waals surface area (Å²) in [5, 5.41) is 0. The van der Waals surface area contributed by atoms with E-state index >= 15 is 0 Å². The number of aromatic amines is 1. The average molecular weight is 201 g/mol. The minimum atomic E-state index is -0.165. The SMILES string of the molecule is Cc1c(N)cccc1-c1nccc(=O)[nH]1. The predicted octanol–water partition coefficient (Wildman–Crippen LogP) is 1.33. The molecule has 4 nitrogen and oxygen atoms in total. The lowest BCUT2D eigenvalue weighted by atomic mass is 10.1. The van der Waals surface area contributed by atoms with Crippen molar-refractivity contribution in [3.05, 3.63) is 46.4 Å². The van der Waals surface area contributed by atoms with E-state index in [1.165, 1.54) is 12.3 Å². The van der Waals surface area contributed by atoms with Gasteiger partial charge in [0.1, 0.15) is 5.82 Å². The first-order chi connectivity index (χ1) is 7.18. The summed E-state index contributed by atoms with van der Waals surface area (Å²) in [4.78, 5) is 17.9. The number of nitrogen functional groups attached to an aromatic ring is 1. The van der Waals surface area contributed by atoms with Crippen LogP contribution in [0.15, 0.2) is 35.3 Å². The zero-order chi connectivity index (χ0) is 10.8. The van der Waals surface area contributed by atoms with Crippen LogP contribution in [0, 0.1) is 6.92 Å². The number of anilines is 1. The number of hydrogen-bond donors (Lipinski definition) is 2. The predicted molar refractivity (Wildman–Crippen MR) is 59.4 cm³/mol. The summed E-state index contributed by atoms with van der Waals surface area (Å²) < 4.78 is 0. The summed E-state index contributed by atoms with van der Waals surface area (Å²) in [5.74, 6) is 0.548. The van der Waals surface area contributed by atoms with E-state index < -0.39 is 0 Å². The van der Waals surface area contributed by atoms with Crippen LogP contribution in [0.2, 0.25) is 0 Å². The first-order valence-electron chi connectivity index (χ1n) is 4.59. The second-order valence-electron chi connectivity index (χ2n) is 3.30. The normalized spacial score (nSPS) is 10.2. The van der Waals surface area contributed by atoms with Crippen LogP contribution in [0.25, 0.3) is 11.4 Å². The van der Waals surface area contributed by atoms with E-state index in [0.717, 1.165) is 11.1 Å². The molecular formula is C11H11N3O. The van der Waals surface area contributed by atoms with Gasteiger partial charge in [0.2, 0.25) is 0 Å². The summed E-state index contributed by atoms with van der Waals surface area (Å²) in [6, 6.07) is 6.92. The van der Waals surface area contributed by atoms with Crippen LogP contribution < -0.4 is 11.3 Å². The number of nitrogens with one attached hydrogen (secondary N) is 1. The van der Waals surface area contributed by atoms with Crippen molar-refractivity contribution in [1.82, 2.24) is 9.97 Å². The molecule has 0 atom stereocenters. The van der Waals surface area contributed by atoms with E-state index in [2.05, 4.69) is 9.97 Å². The number of aromatic nitrogens is 2.